The van der Waals surface area contributed by atoms with Crippen molar-refractivity contribution in [2.24, 2.45) is 0 Å². The molecule has 0 aromatic heterocycles. The highest BCUT2D eigenvalue weighted by molar-refractivity contribution is 6.31. The van der Waals surface area contributed by atoms with E-state index < -0.39 is 22.6 Å². The minimum atomic E-state index is -4.58. The maximum Gasteiger partial charge on any atom is 0.417 e. The predicted molar refractivity (Wildman–Crippen MR) is 104 cm³/mol. The monoisotopic (exact) mass is 440 g/mol. The lowest BCUT2D eigenvalue weighted by Gasteiger charge is -2.34. The number of hydrogen-bond acceptors (Lipinski definition) is 2. The smallest absolute Gasteiger partial charge is 0.336 e. The third-order valence-corrected chi connectivity index (χ3v) is 5.01. The molecular formula is C21H17ClF4N2O2. The highest BCUT2D eigenvalue weighted by Crippen LogP contribution is 2.35. The van der Waals surface area contributed by atoms with Gasteiger partial charge in [0.2, 0.25) is 5.91 Å². The van der Waals surface area contributed by atoms with E-state index in [0.717, 1.165) is 12.1 Å². The van der Waals surface area contributed by atoms with Crippen LogP contribution in [0.3, 0.4) is 0 Å². The summed E-state index contributed by atoms with van der Waals surface area (Å²) in [4.78, 5) is 27.8. The number of benzene rings is 2. The van der Waals surface area contributed by atoms with Crippen molar-refractivity contribution in [3.63, 3.8) is 0 Å². The lowest BCUT2D eigenvalue weighted by molar-refractivity contribution is -0.137. The Labute approximate surface area is 175 Å². The fourth-order valence-electron chi connectivity index (χ4n) is 3.04. The van der Waals surface area contributed by atoms with Gasteiger partial charge in [0.05, 0.1) is 10.6 Å². The van der Waals surface area contributed by atoms with Gasteiger partial charge >= 0.3 is 6.18 Å². The van der Waals surface area contributed by atoms with E-state index in [1.54, 1.807) is 4.90 Å². The number of amides is 2. The Morgan fingerprint density at radius 1 is 0.933 bits per heavy atom. The van der Waals surface area contributed by atoms with Crippen molar-refractivity contribution in [1.29, 1.82) is 0 Å². The van der Waals surface area contributed by atoms with Gasteiger partial charge in [-0.15, -0.1) is 0 Å². The van der Waals surface area contributed by atoms with Crippen LogP contribution in [0.15, 0.2) is 48.5 Å². The van der Waals surface area contributed by atoms with Gasteiger partial charge in [0.15, 0.2) is 0 Å². The lowest BCUT2D eigenvalue weighted by atomic mass is 10.1. The van der Waals surface area contributed by atoms with E-state index in [1.165, 1.54) is 47.4 Å². The maximum atomic E-state index is 13.0. The van der Waals surface area contributed by atoms with Crippen molar-refractivity contribution >= 4 is 29.5 Å². The Hall–Kier alpha value is -2.87. The van der Waals surface area contributed by atoms with E-state index in [2.05, 4.69) is 0 Å². The number of alkyl halides is 3. The molecule has 1 aliphatic rings. The SMILES string of the molecule is O=C(/C=C/c1ccc(Cl)c(C(F)(F)F)c1)N1CCN(C(=O)c2ccc(F)cc2)CC1. The Kier molecular flexibility index (Phi) is 6.45. The summed E-state index contributed by atoms with van der Waals surface area (Å²) in [5.74, 6) is -1.05. The van der Waals surface area contributed by atoms with E-state index in [0.29, 0.717) is 18.7 Å². The van der Waals surface area contributed by atoms with E-state index >= 15 is 0 Å². The molecule has 3 rings (SSSR count). The van der Waals surface area contributed by atoms with Gasteiger partial charge in [0.25, 0.3) is 5.91 Å². The van der Waals surface area contributed by atoms with Gasteiger partial charge in [0, 0.05) is 37.8 Å². The van der Waals surface area contributed by atoms with Gasteiger partial charge < -0.3 is 9.80 Å². The van der Waals surface area contributed by atoms with Crippen LogP contribution in [0.1, 0.15) is 21.5 Å². The van der Waals surface area contributed by atoms with Crippen LogP contribution in [0.2, 0.25) is 5.02 Å². The number of hydrogen-bond donors (Lipinski definition) is 0. The molecule has 1 aliphatic heterocycles. The summed E-state index contributed by atoms with van der Waals surface area (Å²) in [7, 11) is 0. The Bertz CT molecular complexity index is 966. The first kappa shape index (κ1) is 21.8. The molecule has 158 valence electrons. The van der Waals surface area contributed by atoms with Gasteiger partial charge in [0.1, 0.15) is 5.82 Å². The molecule has 0 N–H and O–H groups in total. The molecule has 0 saturated carbocycles. The number of piperazine rings is 1. The van der Waals surface area contributed by atoms with Crippen LogP contribution in [0.5, 0.6) is 0 Å². The minimum Gasteiger partial charge on any atom is -0.336 e. The second-order valence-corrected chi connectivity index (χ2v) is 7.10. The summed E-state index contributed by atoms with van der Waals surface area (Å²) >= 11 is 5.59. The number of rotatable bonds is 3. The van der Waals surface area contributed by atoms with Gasteiger partial charge in [-0.1, -0.05) is 17.7 Å². The lowest BCUT2D eigenvalue weighted by Crippen LogP contribution is -2.50. The highest BCUT2D eigenvalue weighted by Gasteiger charge is 2.33. The second kappa shape index (κ2) is 8.87. The highest BCUT2D eigenvalue weighted by atomic mass is 35.5. The number of halogens is 5. The molecule has 9 heteroatoms. The Morgan fingerprint density at radius 2 is 1.53 bits per heavy atom. The average molecular weight is 441 g/mol. The van der Waals surface area contributed by atoms with Crippen LogP contribution >= 0.6 is 11.6 Å². The van der Waals surface area contributed by atoms with Crippen molar-refractivity contribution in [3.8, 4) is 0 Å². The largest absolute Gasteiger partial charge is 0.417 e. The zero-order valence-corrected chi connectivity index (χ0v) is 16.4. The first-order valence-electron chi connectivity index (χ1n) is 9.04. The standard InChI is InChI=1S/C21H17ClF4N2O2/c22-18-7-1-14(13-17(18)21(24,25)26)2-8-19(29)27-9-11-28(12-10-27)20(30)15-3-5-16(23)6-4-15/h1-8,13H,9-12H2/b8-2+. The fraction of sp³-hybridized carbons (Fsp3) is 0.238. The van der Waals surface area contributed by atoms with Gasteiger partial charge in [-0.3, -0.25) is 9.59 Å². The summed E-state index contributed by atoms with van der Waals surface area (Å²) in [6.45, 7) is 1.17. The van der Waals surface area contributed by atoms with Crippen molar-refractivity contribution in [1.82, 2.24) is 9.80 Å². The zero-order chi connectivity index (χ0) is 21.9. The van der Waals surface area contributed by atoms with Crippen LogP contribution in [0, 0.1) is 5.82 Å². The average Bonchev–Trinajstić information content (AvgIpc) is 2.72. The summed E-state index contributed by atoms with van der Waals surface area (Å²) < 4.78 is 51.8. The molecule has 0 atom stereocenters. The van der Waals surface area contributed by atoms with Crippen LogP contribution < -0.4 is 0 Å². The summed E-state index contributed by atoms with van der Waals surface area (Å²) in [5.41, 5.74) is -0.406. The minimum absolute atomic E-state index is 0.199. The quantitative estimate of drug-likeness (QED) is 0.521. The summed E-state index contributed by atoms with van der Waals surface area (Å²) in [6, 6.07) is 8.62. The van der Waals surface area contributed by atoms with Crippen LogP contribution in [0.25, 0.3) is 6.08 Å². The molecule has 0 unspecified atom stereocenters. The van der Waals surface area contributed by atoms with Gasteiger partial charge in [-0.2, -0.15) is 13.2 Å². The molecule has 0 aliphatic carbocycles. The van der Waals surface area contributed by atoms with Crippen molar-refractivity contribution in [3.05, 3.63) is 76.1 Å². The molecule has 0 spiro atoms. The number of carbonyl (C=O) groups excluding carboxylic acids is 2. The fourth-order valence-corrected chi connectivity index (χ4v) is 3.27. The van der Waals surface area contributed by atoms with Crippen LogP contribution in [0.4, 0.5) is 17.6 Å². The molecule has 2 aromatic rings. The van der Waals surface area contributed by atoms with E-state index in [4.69, 9.17) is 11.6 Å². The van der Waals surface area contributed by atoms with Gasteiger partial charge in [-0.05, 0) is 48.0 Å². The summed E-state index contributed by atoms with van der Waals surface area (Å²) in [5, 5.41) is -0.409. The predicted octanol–water partition coefficient (Wildman–Crippen LogP) is 4.50. The molecule has 1 fully saturated rings. The van der Waals surface area contributed by atoms with Crippen molar-refractivity contribution in [2.45, 2.75) is 6.18 Å². The Morgan fingerprint density at radius 3 is 2.13 bits per heavy atom. The molecule has 4 nitrogen and oxygen atoms in total. The summed E-state index contributed by atoms with van der Waals surface area (Å²) in [6.07, 6.45) is -2.09. The molecule has 30 heavy (non-hydrogen) atoms. The zero-order valence-electron chi connectivity index (χ0n) is 15.6. The number of nitrogens with zero attached hydrogens (tertiary/aromatic N) is 2. The van der Waals surface area contributed by atoms with Crippen LogP contribution in [-0.2, 0) is 11.0 Å². The molecule has 1 saturated heterocycles. The number of carbonyl (C=O) groups is 2. The Balaban J connectivity index is 1.59. The molecule has 0 radical (unpaired) electrons. The molecule has 1 heterocycles. The third-order valence-electron chi connectivity index (χ3n) is 4.68. The van der Waals surface area contributed by atoms with Crippen molar-refractivity contribution < 1.29 is 27.2 Å². The molecule has 2 amide bonds. The van der Waals surface area contributed by atoms with E-state index in [-0.39, 0.29) is 30.5 Å². The maximum absolute atomic E-state index is 13.0. The van der Waals surface area contributed by atoms with Crippen LogP contribution in [-0.4, -0.2) is 47.8 Å². The topological polar surface area (TPSA) is 40.6 Å². The van der Waals surface area contributed by atoms with E-state index in [9.17, 15) is 27.2 Å². The third kappa shape index (κ3) is 5.18. The first-order valence-corrected chi connectivity index (χ1v) is 9.41. The van der Waals surface area contributed by atoms with Crippen molar-refractivity contribution in [2.75, 3.05) is 26.2 Å². The molecular weight excluding hydrogens is 424 g/mol. The first-order chi connectivity index (χ1) is 14.1. The molecule has 0 bridgehead atoms. The second-order valence-electron chi connectivity index (χ2n) is 6.69. The van der Waals surface area contributed by atoms with E-state index in [1.807, 2.05) is 0 Å². The van der Waals surface area contributed by atoms with Gasteiger partial charge in [-0.25, -0.2) is 4.39 Å². The normalized spacial score (nSPS) is 15.0. The molecule has 2 aromatic carbocycles.